The highest BCUT2D eigenvalue weighted by molar-refractivity contribution is 6.30. The van der Waals surface area contributed by atoms with Crippen molar-refractivity contribution in [3.8, 4) is 0 Å². The molecule has 0 spiro atoms. The van der Waals surface area contributed by atoms with Crippen molar-refractivity contribution in [3.05, 3.63) is 77.1 Å². The minimum atomic E-state index is 0.261. The smallest absolute Gasteiger partial charge is 0.0409 e. The van der Waals surface area contributed by atoms with Gasteiger partial charge in [0.2, 0.25) is 0 Å². The van der Waals surface area contributed by atoms with Crippen LogP contribution in [0.4, 0.5) is 0 Å². The van der Waals surface area contributed by atoms with Gasteiger partial charge in [0, 0.05) is 35.4 Å². The van der Waals surface area contributed by atoms with Crippen molar-refractivity contribution in [2.75, 3.05) is 0 Å². The largest absolute Gasteiger partial charge is 0.306 e. The van der Waals surface area contributed by atoms with Crippen molar-refractivity contribution in [2.45, 2.75) is 19.5 Å². The number of pyridine rings is 1. The first kappa shape index (κ1) is 14.1. The summed E-state index contributed by atoms with van der Waals surface area (Å²) >= 11 is 6.04. The summed E-state index contributed by atoms with van der Waals surface area (Å²) in [5, 5.41) is 6.70. The Kier molecular flexibility index (Phi) is 4.18. The van der Waals surface area contributed by atoms with Crippen molar-refractivity contribution in [3.63, 3.8) is 0 Å². The average Bonchev–Trinajstić information content (AvgIpc) is 2.52. The van der Waals surface area contributed by atoms with Crippen LogP contribution < -0.4 is 5.32 Å². The van der Waals surface area contributed by atoms with Gasteiger partial charge < -0.3 is 5.32 Å². The fourth-order valence-electron chi connectivity index (χ4n) is 2.41. The van der Waals surface area contributed by atoms with Crippen LogP contribution in [0.25, 0.3) is 10.8 Å². The third kappa shape index (κ3) is 3.41. The third-order valence-corrected chi connectivity index (χ3v) is 3.90. The summed E-state index contributed by atoms with van der Waals surface area (Å²) in [7, 11) is 0. The Morgan fingerprint density at radius 3 is 2.86 bits per heavy atom. The molecule has 0 aliphatic heterocycles. The summed E-state index contributed by atoms with van der Waals surface area (Å²) in [6.45, 7) is 2.97. The van der Waals surface area contributed by atoms with Crippen LogP contribution in [-0.4, -0.2) is 4.98 Å². The summed E-state index contributed by atoms with van der Waals surface area (Å²) in [6, 6.07) is 16.7. The molecule has 1 aromatic heterocycles. The topological polar surface area (TPSA) is 24.9 Å². The molecule has 1 atom stereocenters. The molecule has 0 amide bonds. The van der Waals surface area contributed by atoms with Gasteiger partial charge in [0.25, 0.3) is 0 Å². The Morgan fingerprint density at radius 2 is 2.00 bits per heavy atom. The van der Waals surface area contributed by atoms with Crippen molar-refractivity contribution >= 4 is 22.4 Å². The number of nitrogens with zero attached hydrogens (tertiary/aromatic N) is 1. The second-order valence-electron chi connectivity index (χ2n) is 5.21. The molecule has 3 aromatic rings. The predicted octanol–water partition coefficient (Wildman–Crippen LogP) is 4.74. The van der Waals surface area contributed by atoms with E-state index in [4.69, 9.17) is 11.6 Å². The number of aromatic nitrogens is 1. The molecule has 2 aromatic carbocycles. The maximum absolute atomic E-state index is 6.04. The van der Waals surface area contributed by atoms with Crippen LogP contribution in [0.1, 0.15) is 24.1 Å². The number of nitrogens with one attached hydrogen (secondary N) is 1. The van der Waals surface area contributed by atoms with Crippen molar-refractivity contribution < 1.29 is 0 Å². The molecule has 1 heterocycles. The lowest BCUT2D eigenvalue weighted by molar-refractivity contribution is 0.575. The molecule has 21 heavy (non-hydrogen) atoms. The van der Waals surface area contributed by atoms with Crippen molar-refractivity contribution in [2.24, 2.45) is 0 Å². The van der Waals surface area contributed by atoms with Crippen LogP contribution >= 0.6 is 11.6 Å². The molecule has 0 aliphatic carbocycles. The highest BCUT2D eigenvalue weighted by Crippen LogP contribution is 2.19. The van der Waals surface area contributed by atoms with Gasteiger partial charge in [-0.15, -0.1) is 0 Å². The quantitative estimate of drug-likeness (QED) is 0.752. The number of halogens is 1. The number of fused-ring (bicyclic) bond motifs is 1. The van der Waals surface area contributed by atoms with Gasteiger partial charge in [-0.3, -0.25) is 4.98 Å². The zero-order valence-electron chi connectivity index (χ0n) is 11.9. The Bertz CT molecular complexity index is 755. The maximum Gasteiger partial charge on any atom is 0.0409 e. The SMILES string of the molecule is CC(NCc1ccc2cnccc2c1)c1cccc(Cl)c1. The minimum absolute atomic E-state index is 0.261. The van der Waals surface area contributed by atoms with Crippen LogP contribution in [-0.2, 0) is 6.54 Å². The average molecular weight is 297 g/mol. The molecule has 3 rings (SSSR count). The van der Waals surface area contributed by atoms with E-state index >= 15 is 0 Å². The molecule has 106 valence electrons. The number of hydrogen-bond acceptors (Lipinski definition) is 2. The molecule has 0 bridgehead atoms. The molecule has 0 aliphatic rings. The van der Waals surface area contributed by atoms with Crippen LogP contribution in [0.2, 0.25) is 5.02 Å². The predicted molar refractivity (Wildman–Crippen MR) is 88.4 cm³/mol. The zero-order chi connectivity index (χ0) is 14.7. The fourth-order valence-corrected chi connectivity index (χ4v) is 2.61. The lowest BCUT2D eigenvalue weighted by Gasteiger charge is -2.15. The van der Waals surface area contributed by atoms with Gasteiger partial charge in [0.05, 0.1) is 0 Å². The summed E-state index contributed by atoms with van der Waals surface area (Å²) in [5.41, 5.74) is 2.47. The molecule has 0 saturated carbocycles. The molecule has 0 fully saturated rings. The van der Waals surface area contributed by atoms with E-state index in [-0.39, 0.29) is 6.04 Å². The van der Waals surface area contributed by atoms with E-state index < -0.39 is 0 Å². The lowest BCUT2D eigenvalue weighted by atomic mass is 10.1. The molecule has 3 heteroatoms. The molecular formula is C18H17ClN2. The van der Waals surface area contributed by atoms with Gasteiger partial charge in [-0.2, -0.15) is 0 Å². The highest BCUT2D eigenvalue weighted by atomic mass is 35.5. The maximum atomic E-state index is 6.04. The van der Waals surface area contributed by atoms with Crippen molar-refractivity contribution in [1.29, 1.82) is 0 Å². The normalized spacial score (nSPS) is 12.5. The number of rotatable bonds is 4. The molecule has 0 saturated heterocycles. The summed E-state index contributed by atoms with van der Waals surface area (Å²) in [6.07, 6.45) is 3.72. The monoisotopic (exact) mass is 296 g/mol. The van der Waals surface area contributed by atoms with E-state index in [1.54, 1.807) is 0 Å². The standard InChI is InChI=1S/C18H17ClN2/c1-13(15-3-2-4-18(19)10-15)21-11-14-5-6-17-12-20-8-7-16(17)9-14/h2-10,12-13,21H,11H2,1H3. The Balaban J connectivity index is 1.71. The first-order valence-electron chi connectivity index (χ1n) is 7.04. The fraction of sp³-hybridized carbons (Fsp3) is 0.167. The van der Waals surface area contributed by atoms with E-state index in [1.807, 2.05) is 36.7 Å². The highest BCUT2D eigenvalue weighted by Gasteiger charge is 2.05. The van der Waals surface area contributed by atoms with E-state index in [9.17, 15) is 0 Å². The zero-order valence-corrected chi connectivity index (χ0v) is 12.6. The Hall–Kier alpha value is -1.90. The van der Waals surface area contributed by atoms with Crippen LogP contribution in [0.15, 0.2) is 60.9 Å². The second-order valence-corrected chi connectivity index (χ2v) is 5.65. The first-order valence-corrected chi connectivity index (χ1v) is 7.42. The van der Waals surface area contributed by atoms with Gasteiger partial charge >= 0.3 is 0 Å². The third-order valence-electron chi connectivity index (χ3n) is 3.67. The summed E-state index contributed by atoms with van der Waals surface area (Å²) < 4.78 is 0. The van der Waals surface area contributed by atoms with Gasteiger partial charge in [-0.05, 0) is 47.7 Å². The number of benzene rings is 2. The van der Waals surface area contributed by atoms with E-state index in [0.29, 0.717) is 0 Å². The van der Waals surface area contributed by atoms with Gasteiger partial charge in [0.1, 0.15) is 0 Å². The van der Waals surface area contributed by atoms with Gasteiger partial charge in [-0.25, -0.2) is 0 Å². The molecule has 1 N–H and O–H groups in total. The van der Waals surface area contributed by atoms with E-state index in [2.05, 4.69) is 41.5 Å². The van der Waals surface area contributed by atoms with Crippen molar-refractivity contribution in [1.82, 2.24) is 10.3 Å². The van der Waals surface area contributed by atoms with Gasteiger partial charge in [-0.1, -0.05) is 35.9 Å². The molecular weight excluding hydrogens is 280 g/mol. The number of hydrogen-bond donors (Lipinski definition) is 1. The lowest BCUT2D eigenvalue weighted by Crippen LogP contribution is -2.18. The van der Waals surface area contributed by atoms with Crippen LogP contribution in [0, 0.1) is 0 Å². The second kappa shape index (κ2) is 6.25. The molecule has 1 unspecified atom stereocenters. The Labute approximate surface area is 129 Å². The molecule has 2 nitrogen and oxygen atoms in total. The first-order chi connectivity index (χ1) is 10.2. The molecule has 0 radical (unpaired) electrons. The van der Waals surface area contributed by atoms with Crippen LogP contribution in [0.3, 0.4) is 0 Å². The summed E-state index contributed by atoms with van der Waals surface area (Å²) in [5.74, 6) is 0. The summed E-state index contributed by atoms with van der Waals surface area (Å²) in [4.78, 5) is 4.14. The minimum Gasteiger partial charge on any atom is -0.306 e. The van der Waals surface area contributed by atoms with Gasteiger partial charge in [0.15, 0.2) is 0 Å². The van der Waals surface area contributed by atoms with Crippen LogP contribution in [0.5, 0.6) is 0 Å². The Morgan fingerprint density at radius 1 is 1.10 bits per heavy atom. The van der Waals surface area contributed by atoms with E-state index in [1.165, 1.54) is 21.9 Å². The van der Waals surface area contributed by atoms with E-state index in [0.717, 1.165) is 11.6 Å².